The maximum Gasteiger partial charge on any atom is 0.246 e. The summed E-state index contributed by atoms with van der Waals surface area (Å²) in [6.45, 7) is 3.51. The second-order valence-corrected chi connectivity index (χ2v) is 7.60. The summed E-state index contributed by atoms with van der Waals surface area (Å²) in [5, 5.41) is 7.43. The molecule has 0 spiro atoms. The number of nitrogens with zero attached hydrogens (tertiary/aromatic N) is 5. The van der Waals surface area contributed by atoms with Gasteiger partial charge in [0.05, 0.1) is 5.69 Å². The number of rotatable bonds is 5. The zero-order valence-corrected chi connectivity index (χ0v) is 17.3. The Bertz CT molecular complexity index is 1060. The van der Waals surface area contributed by atoms with Crippen molar-refractivity contribution in [3.05, 3.63) is 71.8 Å². The number of aromatic nitrogens is 4. The van der Waals surface area contributed by atoms with Crippen LogP contribution in [0.5, 0.6) is 0 Å². The van der Waals surface area contributed by atoms with Crippen LogP contribution in [-0.2, 0) is 11.8 Å². The van der Waals surface area contributed by atoms with E-state index < -0.39 is 0 Å². The van der Waals surface area contributed by atoms with Gasteiger partial charge in [0.25, 0.3) is 0 Å². The Morgan fingerprint density at radius 1 is 1.20 bits per heavy atom. The first kappa shape index (κ1) is 19.8. The SMILES string of the molecule is Cc1cccnc1Nc1cc([C@H]2CCCN(C(=O)/C=C/c3ccnn3C)C2)ccn1. The highest BCUT2D eigenvalue weighted by Crippen LogP contribution is 2.29. The summed E-state index contributed by atoms with van der Waals surface area (Å²) in [4.78, 5) is 23.5. The predicted octanol–water partition coefficient (Wildman–Crippen LogP) is 3.68. The summed E-state index contributed by atoms with van der Waals surface area (Å²) < 4.78 is 1.75. The molecule has 1 atom stereocenters. The molecule has 0 saturated carbocycles. The monoisotopic (exact) mass is 402 g/mol. The Kier molecular flexibility index (Phi) is 5.88. The van der Waals surface area contributed by atoms with Crippen LogP contribution >= 0.6 is 0 Å². The predicted molar refractivity (Wildman–Crippen MR) is 117 cm³/mol. The minimum Gasteiger partial charge on any atom is -0.339 e. The van der Waals surface area contributed by atoms with Crippen molar-refractivity contribution in [3.63, 3.8) is 0 Å². The Morgan fingerprint density at radius 3 is 2.90 bits per heavy atom. The fraction of sp³-hybridized carbons (Fsp3) is 0.304. The Balaban J connectivity index is 1.44. The van der Waals surface area contributed by atoms with Gasteiger partial charge in [-0.3, -0.25) is 9.48 Å². The lowest BCUT2D eigenvalue weighted by molar-refractivity contribution is -0.127. The van der Waals surface area contributed by atoms with E-state index in [0.29, 0.717) is 12.5 Å². The third-order valence-electron chi connectivity index (χ3n) is 5.50. The second kappa shape index (κ2) is 8.90. The first-order valence-corrected chi connectivity index (χ1v) is 10.2. The summed E-state index contributed by atoms with van der Waals surface area (Å²) in [5.41, 5.74) is 3.17. The van der Waals surface area contributed by atoms with E-state index in [9.17, 15) is 4.79 Å². The average molecular weight is 403 g/mol. The number of amides is 1. The Hall–Kier alpha value is -3.48. The largest absolute Gasteiger partial charge is 0.339 e. The molecule has 0 unspecified atom stereocenters. The molecule has 3 aromatic rings. The van der Waals surface area contributed by atoms with Crippen molar-refractivity contribution in [1.82, 2.24) is 24.6 Å². The van der Waals surface area contributed by atoms with Gasteiger partial charge in [-0.1, -0.05) is 6.07 Å². The minimum absolute atomic E-state index is 0.0393. The van der Waals surface area contributed by atoms with E-state index in [1.807, 2.05) is 55.4 Å². The summed E-state index contributed by atoms with van der Waals surface area (Å²) in [7, 11) is 1.86. The van der Waals surface area contributed by atoms with Gasteiger partial charge in [-0.05, 0) is 61.2 Å². The van der Waals surface area contributed by atoms with Gasteiger partial charge >= 0.3 is 0 Å². The summed E-state index contributed by atoms with van der Waals surface area (Å²) in [6.07, 6.45) is 10.8. The Morgan fingerprint density at radius 2 is 2.10 bits per heavy atom. The van der Waals surface area contributed by atoms with Crippen LogP contribution in [0, 0.1) is 6.92 Å². The number of likely N-dealkylation sites (tertiary alicyclic amines) is 1. The van der Waals surface area contributed by atoms with Crippen LogP contribution in [-0.4, -0.2) is 43.6 Å². The standard InChI is InChI=1S/C23H26N6O/c1-17-5-3-11-25-23(17)27-21-15-18(9-12-24-21)19-6-4-14-29(16-19)22(30)8-7-20-10-13-26-28(20)2/h3,5,7-13,15,19H,4,6,14,16H2,1-2H3,(H,24,25,27)/b8-7+/t19-/m0/s1. The molecule has 0 aliphatic carbocycles. The number of hydrogen-bond acceptors (Lipinski definition) is 5. The summed E-state index contributed by atoms with van der Waals surface area (Å²) >= 11 is 0. The first-order valence-electron chi connectivity index (χ1n) is 10.2. The van der Waals surface area contributed by atoms with Crippen molar-refractivity contribution in [3.8, 4) is 0 Å². The minimum atomic E-state index is 0.0393. The number of carbonyl (C=O) groups is 1. The molecule has 1 aliphatic rings. The topological polar surface area (TPSA) is 75.9 Å². The normalized spacial score (nSPS) is 16.7. The average Bonchev–Trinajstić information content (AvgIpc) is 3.19. The van der Waals surface area contributed by atoms with Crippen molar-refractivity contribution in [2.45, 2.75) is 25.7 Å². The van der Waals surface area contributed by atoms with Gasteiger partial charge in [0.1, 0.15) is 11.6 Å². The molecule has 30 heavy (non-hydrogen) atoms. The molecule has 1 amide bonds. The molecule has 1 aliphatic heterocycles. The first-order chi connectivity index (χ1) is 14.6. The van der Waals surface area contributed by atoms with Crippen molar-refractivity contribution >= 4 is 23.6 Å². The van der Waals surface area contributed by atoms with Gasteiger partial charge in [-0.25, -0.2) is 9.97 Å². The summed E-state index contributed by atoms with van der Waals surface area (Å²) in [5.74, 6) is 1.91. The van der Waals surface area contributed by atoms with Crippen molar-refractivity contribution in [1.29, 1.82) is 0 Å². The molecule has 1 N–H and O–H groups in total. The van der Waals surface area contributed by atoms with Crippen LogP contribution in [0.4, 0.5) is 11.6 Å². The zero-order chi connectivity index (χ0) is 20.9. The Labute approximate surface area is 176 Å². The zero-order valence-electron chi connectivity index (χ0n) is 17.3. The maximum atomic E-state index is 12.7. The van der Waals surface area contributed by atoms with Crippen LogP contribution in [0.2, 0.25) is 0 Å². The molecule has 7 heteroatoms. The lowest BCUT2D eigenvalue weighted by Crippen LogP contribution is -2.38. The quantitative estimate of drug-likeness (QED) is 0.659. The van der Waals surface area contributed by atoms with Gasteiger partial charge in [0.2, 0.25) is 5.91 Å². The number of nitrogens with one attached hydrogen (secondary N) is 1. The molecule has 1 fully saturated rings. The lowest BCUT2D eigenvalue weighted by atomic mass is 9.91. The van der Waals surface area contributed by atoms with E-state index in [2.05, 4.69) is 26.4 Å². The molecular weight excluding hydrogens is 376 g/mol. The molecule has 3 aromatic heterocycles. The van der Waals surface area contributed by atoms with Crippen LogP contribution in [0.1, 0.15) is 35.6 Å². The van der Waals surface area contributed by atoms with Gasteiger partial charge in [0.15, 0.2) is 0 Å². The van der Waals surface area contributed by atoms with Crippen LogP contribution in [0.15, 0.2) is 55.0 Å². The lowest BCUT2D eigenvalue weighted by Gasteiger charge is -2.32. The van der Waals surface area contributed by atoms with E-state index in [1.54, 1.807) is 23.2 Å². The number of piperidine rings is 1. The molecule has 0 bridgehead atoms. The molecule has 154 valence electrons. The number of carbonyl (C=O) groups excluding carboxylic acids is 1. The number of aryl methyl sites for hydroxylation is 2. The maximum absolute atomic E-state index is 12.7. The smallest absolute Gasteiger partial charge is 0.246 e. The molecule has 4 heterocycles. The highest BCUT2D eigenvalue weighted by atomic mass is 16.2. The fourth-order valence-electron chi connectivity index (χ4n) is 3.77. The summed E-state index contributed by atoms with van der Waals surface area (Å²) in [6, 6.07) is 9.93. The van der Waals surface area contributed by atoms with Gasteiger partial charge in [0, 0.05) is 50.7 Å². The van der Waals surface area contributed by atoms with E-state index in [0.717, 1.165) is 42.3 Å². The second-order valence-electron chi connectivity index (χ2n) is 7.60. The molecule has 7 nitrogen and oxygen atoms in total. The third kappa shape index (κ3) is 4.56. The van der Waals surface area contributed by atoms with E-state index in [-0.39, 0.29) is 5.91 Å². The van der Waals surface area contributed by atoms with E-state index in [1.165, 1.54) is 5.56 Å². The molecule has 4 rings (SSSR count). The van der Waals surface area contributed by atoms with Crippen LogP contribution < -0.4 is 5.32 Å². The highest BCUT2D eigenvalue weighted by Gasteiger charge is 2.24. The van der Waals surface area contributed by atoms with Gasteiger partial charge in [-0.15, -0.1) is 0 Å². The third-order valence-corrected chi connectivity index (χ3v) is 5.50. The van der Waals surface area contributed by atoms with E-state index in [4.69, 9.17) is 0 Å². The van der Waals surface area contributed by atoms with Gasteiger partial charge < -0.3 is 10.2 Å². The van der Waals surface area contributed by atoms with Gasteiger partial charge in [-0.2, -0.15) is 5.10 Å². The number of hydrogen-bond donors (Lipinski definition) is 1. The molecule has 0 radical (unpaired) electrons. The number of anilines is 2. The van der Waals surface area contributed by atoms with Crippen molar-refractivity contribution in [2.24, 2.45) is 7.05 Å². The van der Waals surface area contributed by atoms with Crippen LogP contribution in [0.25, 0.3) is 6.08 Å². The molecular formula is C23H26N6O. The highest BCUT2D eigenvalue weighted by molar-refractivity contribution is 5.91. The van der Waals surface area contributed by atoms with Crippen LogP contribution in [0.3, 0.4) is 0 Å². The fourth-order valence-corrected chi connectivity index (χ4v) is 3.77. The van der Waals surface area contributed by atoms with Crippen molar-refractivity contribution in [2.75, 3.05) is 18.4 Å². The molecule has 0 aromatic carbocycles. The van der Waals surface area contributed by atoms with E-state index >= 15 is 0 Å². The molecule has 1 saturated heterocycles. The van der Waals surface area contributed by atoms with Crippen molar-refractivity contribution < 1.29 is 4.79 Å². The number of pyridine rings is 2.